The monoisotopic (exact) mass is 287 g/mol. The van der Waals surface area contributed by atoms with E-state index >= 15 is 0 Å². The average Bonchev–Trinajstić information content (AvgIpc) is 2.34. The first-order valence-electron chi connectivity index (χ1n) is 6.86. The van der Waals surface area contributed by atoms with Crippen LogP contribution in [0.2, 0.25) is 0 Å². The second-order valence-corrected chi connectivity index (χ2v) is 5.86. The molecule has 112 valence electrons. The van der Waals surface area contributed by atoms with Gasteiger partial charge in [-0.15, -0.1) is 0 Å². The van der Waals surface area contributed by atoms with Crippen molar-refractivity contribution < 1.29 is 9.53 Å². The van der Waals surface area contributed by atoms with Crippen LogP contribution in [0.1, 0.15) is 26.5 Å². The van der Waals surface area contributed by atoms with Gasteiger partial charge in [0.2, 0.25) is 5.91 Å². The predicted octanol–water partition coefficient (Wildman–Crippen LogP) is 2.42. The smallest absolute Gasteiger partial charge is 0.217 e. The topological polar surface area (TPSA) is 77.2 Å². The largest absolute Gasteiger partial charge is 0.490 e. The van der Waals surface area contributed by atoms with Gasteiger partial charge in [0.1, 0.15) is 12.4 Å². The molecule has 0 radical (unpaired) electrons. The number of pyridine rings is 1. The number of rotatable bonds is 4. The summed E-state index contributed by atoms with van der Waals surface area (Å²) in [5, 5.41) is 3.66. The molecule has 0 fully saturated rings. The summed E-state index contributed by atoms with van der Waals surface area (Å²) in [7, 11) is 0. The summed E-state index contributed by atoms with van der Waals surface area (Å²) in [6.07, 6.45) is 0. The molecule has 3 N–H and O–H groups in total. The first kappa shape index (κ1) is 15.1. The molecule has 0 aliphatic heterocycles. The summed E-state index contributed by atoms with van der Waals surface area (Å²) in [5.41, 5.74) is 7.95. The number of ether oxygens (including phenoxy) is 1. The lowest BCUT2D eigenvalue weighted by atomic mass is 10.1. The van der Waals surface area contributed by atoms with E-state index in [1.54, 1.807) is 0 Å². The number of nitrogens with two attached hydrogens (primary N) is 1. The van der Waals surface area contributed by atoms with Crippen LogP contribution in [0.4, 0.5) is 5.69 Å². The minimum atomic E-state index is -0.457. The van der Waals surface area contributed by atoms with Gasteiger partial charge >= 0.3 is 0 Å². The van der Waals surface area contributed by atoms with Crippen LogP contribution in [0.5, 0.6) is 5.75 Å². The van der Waals surface area contributed by atoms with Crippen molar-refractivity contribution in [3.63, 3.8) is 0 Å². The van der Waals surface area contributed by atoms with Crippen molar-refractivity contribution >= 4 is 22.5 Å². The second kappa shape index (κ2) is 5.60. The SMILES string of the molecule is CC(=O)NC(C)(C)COc1cccc2nc(C)cc(N)c12. The molecule has 0 spiro atoms. The van der Waals surface area contributed by atoms with Crippen LogP contribution in [0.15, 0.2) is 24.3 Å². The molecule has 0 bridgehead atoms. The van der Waals surface area contributed by atoms with Gasteiger partial charge in [-0.1, -0.05) is 6.07 Å². The Hall–Kier alpha value is -2.30. The van der Waals surface area contributed by atoms with Crippen molar-refractivity contribution in [2.75, 3.05) is 12.3 Å². The summed E-state index contributed by atoms with van der Waals surface area (Å²) < 4.78 is 5.87. The van der Waals surface area contributed by atoms with Crippen LogP contribution < -0.4 is 15.8 Å². The highest BCUT2D eigenvalue weighted by atomic mass is 16.5. The summed E-state index contributed by atoms with van der Waals surface area (Å²) >= 11 is 0. The zero-order valence-corrected chi connectivity index (χ0v) is 12.9. The van der Waals surface area contributed by atoms with E-state index in [0.717, 1.165) is 16.6 Å². The molecular formula is C16H21N3O2. The lowest BCUT2D eigenvalue weighted by Crippen LogP contribution is -2.46. The predicted molar refractivity (Wildman–Crippen MR) is 84.3 cm³/mol. The zero-order valence-electron chi connectivity index (χ0n) is 12.9. The molecule has 5 heteroatoms. The highest BCUT2D eigenvalue weighted by molar-refractivity contribution is 5.95. The molecule has 0 saturated carbocycles. The Morgan fingerprint density at radius 1 is 1.43 bits per heavy atom. The van der Waals surface area contributed by atoms with E-state index in [4.69, 9.17) is 10.5 Å². The summed E-state index contributed by atoms with van der Waals surface area (Å²) in [4.78, 5) is 15.6. The van der Waals surface area contributed by atoms with Gasteiger partial charge < -0.3 is 15.8 Å². The third kappa shape index (κ3) is 3.62. The fourth-order valence-electron chi connectivity index (χ4n) is 2.31. The number of carbonyl (C=O) groups is 1. The van der Waals surface area contributed by atoms with Gasteiger partial charge in [0.05, 0.1) is 16.4 Å². The van der Waals surface area contributed by atoms with Crippen molar-refractivity contribution in [3.05, 3.63) is 30.0 Å². The number of nitrogens with one attached hydrogen (secondary N) is 1. The summed E-state index contributed by atoms with van der Waals surface area (Å²) in [5.74, 6) is 0.592. The molecule has 2 aromatic rings. The second-order valence-electron chi connectivity index (χ2n) is 5.86. The van der Waals surface area contributed by atoms with E-state index in [9.17, 15) is 4.79 Å². The maximum Gasteiger partial charge on any atom is 0.217 e. The summed E-state index contributed by atoms with van der Waals surface area (Å²) in [6.45, 7) is 7.56. The van der Waals surface area contributed by atoms with Gasteiger partial charge in [-0.25, -0.2) is 0 Å². The van der Waals surface area contributed by atoms with Crippen molar-refractivity contribution in [1.29, 1.82) is 0 Å². The average molecular weight is 287 g/mol. The molecule has 0 aliphatic rings. The van der Waals surface area contributed by atoms with Crippen LogP contribution in [0.25, 0.3) is 10.9 Å². The molecule has 0 atom stereocenters. The van der Waals surface area contributed by atoms with E-state index in [0.29, 0.717) is 18.0 Å². The molecule has 0 aliphatic carbocycles. The number of benzene rings is 1. The molecule has 21 heavy (non-hydrogen) atoms. The number of carbonyl (C=O) groups excluding carboxylic acids is 1. The Morgan fingerprint density at radius 3 is 2.81 bits per heavy atom. The van der Waals surface area contributed by atoms with Crippen LogP contribution in [0, 0.1) is 6.92 Å². The number of nitrogen functional groups attached to an aromatic ring is 1. The lowest BCUT2D eigenvalue weighted by Gasteiger charge is -2.26. The first-order chi connectivity index (χ1) is 9.78. The molecular weight excluding hydrogens is 266 g/mol. The number of hydrogen-bond donors (Lipinski definition) is 2. The molecule has 0 saturated heterocycles. The Labute approximate surface area is 124 Å². The minimum absolute atomic E-state index is 0.0849. The van der Waals surface area contributed by atoms with Gasteiger partial charge in [-0.3, -0.25) is 9.78 Å². The lowest BCUT2D eigenvalue weighted by molar-refractivity contribution is -0.120. The Kier molecular flexibility index (Phi) is 4.02. The van der Waals surface area contributed by atoms with Crippen LogP contribution in [-0.4, -0.2) is 23.0 Å². The molecule has 1 amide bonds. The number of amides is 1. The fourth-order valence-corrected chi connectivity index (χ4v) is 2.31. The first-order valence-corrected chi connectivity index (χ1v) is 6.86. The molecule has 1 aromatic carbocycles. The molecule has 1 aromatic heterocycles. The van der Waals surface area contributed by atoms with Gasteiger partial charge in [0, 0.05) is 18.3 Å². The van der Waals surface area contributed by atoms with E-state index < -0.39 is 5.54 Å². The fraction of sp³-hybridized carbons (Fsp3) is 0.375. The van der Waals surface area contributed by atoms with E-state index in [1.807, 2.05) is 45.0 Å². The number of fused-ring (bicyclic) bond motifs is 1. The molecule has 2 rings (SSSR count). The van der Waals surface area contributed by atoms with Gasteiger partial charge in [-0.05, 0) is 39.0 Å². The van der Waals surface area contributed by atoms with Gasteiger partial charge in [-0.2, -0.15) is 0 Å². The normalized spacial score (nSPS) is 11.4. The number of anilines is 1. The standard InChI is InChI=1S/C16H21N3O2/c1-10-8-12(17)15-13(18-10)6-5-7-14(15)21-9-16(3,4)19-11(2)20/h5-8H,9H2,1-4H3,(H2,17,18)(H,19,20). The quantitative estimate of drug-likeness (QED) is 0.905. The Morgan fingerprint density at radius 2 is 2.14 bits per heavy atom. The summed E-state index contributed by atoms with van der Waals surface area (Å²) in [6, 6.07) is 7.48. The minimum Gasteiger partial charge on any atom is -0.490 e. The third-order valence-electron chi connectivity index (χ3n) is 3.06. The Balaban J connectivity index is 2.29. The number of nitrogens with zero attached hydrogens (tertiary/aromatic N) is 1. The number of aryl methyl sites for hydroxylation is 1. The highest BCUT2D eigenvalue weighted by Crippen LogP contribution is 2.30. The van der Waals surface area contributed by atoms with Gasteiger partial charge in [0.15, 0.2) is 0 Å². The number of aromatic nitrogens is 1. The van der Waals surface area contributed by atoms with Crippen molar-refractivity contribution in [2.45, 2.75) is 33.2 Å². The van der Waals surface area contributed by atoms with Crippen LogP contribution in [0.3, 0.4) is 0 Å². The Bertz CT molecular complexity index is 681. The van der Waals surface area contributed by atoms with Crippen molar-refractivity contribution in [1.82, 2.24) is 10.3 Å². The highest BCUT2D eigenvalue weighted by Gasteiger charge is 2.20. The molecule has 5 nitrogen and oxygen atoms in total. The van der Waals surface area contributed by atoms with Crippen LogP contribution >= 0.6 is 0 Å². The van der Waals surface area contributed by atoms with Crippen molar-refractivity contribution in [3.8, 4) is 5.75 Å². The maximum atomic E-state index is 11.2. The molecule has 1 heterocycles. The van der Waals surface area contributed by atoms with E-state index in [1.165, 1.54) is 6.92 Å². The van der Waals surface area contributed by atoms with Crippen LogP contribution in [-0.2, 0) is 4.79 Å². The zero-order chi connectivity index (χ0) is 15.6. The molecule has 0 unspecified atom stereocenters. The van der Waals surface area contributed by atoms with E-state index in [-0.39, 0.29) is 5.91 Å². The van der Waals surface area contributed by atoms with E-state index in [2.05, 4.69) is 10.3 Å². The number of hydrogen-bond acceptors (Lipinski definition) is 4. The van der Waals surface area contributed by atoms with Crippen molar-refractivity contribution in [2.24, 2.45) is 0 Å². The maximum absolute atomic E-state index is 11.2. The third-order valence-corrected chi connectivity index (χ3v) is 3.06. The van der Waals surface area contributed by atoms with Gasteiger partial charge in [0.25, 0.3) is 0 Å².